The minimum absolute atomic E-state index is 0.0794. The summed E-state index contributed by atoms with van der Waals surface area (Å²) in [6.07, 6.45) is 2.12. The van der Waals surface area contributed by atoms with Crippen molar-refractivity contribution < 1.29 is 9.59 Å². The first-order valence-electron chi connectivity index (χ1n) is 8.33. The van der Waals surface area contributed by atoms with E-state index in [1.807, 2.05) is 30.7 Å². The summed E-state index contributed by atoms with van der Waals surface area (Å²) in [5.74, 6) is -0.110. The molecule has 7 nitrogen and oxygen atoms in total. The first kappa shape index (κ1) is 18.2. The van der Waals surface area contributed by atoms with Crippen LogP contribution in [0.3, 0.4) is 0 Å². The number of carbonyl (C=O) groups is 2. The molecular formula is C17H26N4O3. The van der Waals surface area contributed by atoms with E-state index >= 15 is 0 Å². The number of pyridine rings is 1. The van der Waals surface area contributed by atoms with Gasteiger partial charge in [-0.15, -0.1) is 0 Å². The molecule has 0 aliphatic carbocycles. The van der Waals surface area contributed by atoms with Crippen molar-refractivity contribution in [1.82, 2.24) is 19.7 Å². The lowest BCUT2D eigenvalue weighted by Gasteiger charge is -2.26. The molecule has 1 aromatic rings. The minimum atomic E-state index is -0.222. The van der Waals surface area contributed by atoms with E-state index < -0.39 is 0 Å². The summed E-state index contributed by atoms with van der Waals surface area (Å²) in [6.45, 7) is 5.95. The number of likely N-dealkylation sites (N-methyl/N-ethyl adjacent to an activating group) is 2. The second-order valence-corrected chi connectivity index (χ2v) is 6.24. The zero-order valence-corrected chi connectivity index (χ0v) is 14.8. The van der Waals surface area contributed by atoms with Crippen molar-refractivity contribution in [2.45, 2.75) is 32.4 Å². The zero-order chi connectivity index (χ0) is 17.9. The lowest BCUT2D eigenvalue weighted by atomic mass is 10.1. The van der Waals surface area contributed by atoms with Crippen LogP contribution in [-0.4, -0.2) is 64.9 Å². The molecule has 24 heavy (non-hydrogen) atoms. The van der Waals surface area contributed by atoms with Crippen molar-refractivity contribution in [1.29, 1.82) is 0 Å². The largest absolute Gasteiger partial charge is 0.348 e. The maximum Gasteiger partial charge on any atom is 0.253 e. The third-order valence-electron chi connectivity index (χ3n) is 4.59. The monoisotopic (exact) mass is 334 g/mol. The molecule has 2 unspecified atom stereocenters. The van der Waals surface area contributed by atoms with Gasteiger partial charge in [0.2, 0.25) is 11.5 Å². The molecule has 2 rings (SSSR count). The van der Waals surface area contributed by atoms with Crippen molar-refractivity contribution in [3.8, 4) is 0 Å². The molecule has 132 valence electrons. The topological polar surface area (TPSA) is 74.6 Å². The van der Waals surface area contributed by atoms with Gasteiger partial charge in [0, 0.05) is 45.0 Å². The average Bonchev–Trinajstić information content (AvgIpc) is 2.91. The molecule has 0 saturated carbocycles. The van der Waals surface area contributed by atoms with Gasteiger partial charge in [0.25, 0.3) is 5.91 Å². The standard InChI is InChI=1S/C17H26N4O3/c1-5-21(6-2)17(24)14-9-13(11-19(14)3)18-16(23)12-7-8-15(22)20(4)10-12/h7-8,10,13-14H,5-6,9,11H2,1-4H3,(H,18,23). The van der Waals surface area contributed by atoms with E-state index in [2.05, 4.69) is 5.32 Å². The van der Waals surface area contributed by atoms with Crippen LogP contribution in [0.1, 0.15) is 30.6 Å². The summed E-state index contributed by atoms with van der Waals surface area (Å²) in [6, 6.07) is 2.62. The Morgan fingerprint density at radius 3 is 2.50 bits per heavy atom. The first-order valence-corrected chi connectivity index (χ1v) is 8.33. The Morgan fingerprint density at radius 1 is 1.25 bits per heavy atom. The van der Waals surface area contributed by atoms with Gasteiger partial charge in [0.1, 0.15) is 0 Å². The summed E-state index contributed by atoms with van der Waals surface area (Å²) in [5, 5.41) is 2.97. The van der Waals surface area contributed by atoms with Crippen LogP contribution in [0, 0.1) is 0 Å². The molecule has 0 radical (unpaired) electrons. The van der Waals surface area contributed by atoms with Crippen LogP contribution in [0.4, 0.5) is 0 Å². The van der Waals surface area contributed by atoms with Gasteiger partial charge in [-0.25, -0.2) is 0 Å². The van der Waals surface area contributed by atoms with E-state index in [-0.39, 0.29) is 29.5 Å². The molecule has 2 amide bonds. The van der Waals surface area contributed by atoms with E-state index in [1.54, 1.807) is 7.05 Å². The zero-order valence-electron chi connectivity index (χ0n) is 14.8. The molecule has 1 N–H and O–H groups in total. The summed E-state index contributed by atoms with van der Waals surface area (Å²) in [7, 11) is 3.52. The maximum absolute atomic E-state index is 12.5. The number of hydrogen-bond donors (Lipinski definition) is 1. The first-order chi connectivity index (χ1) is 11.4. The number of nitrogens with zero attached hydrogens (tertiary/aromatic N) is 3. The van der Waals surface area contributed by atoms with Gasteiger partial charge < -0.3 is 14.8 Å². The second kappa shape index (κ2) is 7.61. The number of hydrogen-bond acceptors (Lipinski definition) is 4. The molecule has 0 aromatic carbocycles. The molecule has 0 bridgehead atoms. The highest BCUT2D eigenvalue weighted by Crippen LogP contribution is 2.18. The lowest BCUT2D eigenvalue weighted by Crippen LogP contribution is -2.44. The summed E-state index contributed by atoms with van der Waals surface area (Å²) in [4.78, 5) is 40.1. The molecule has 1 aromatic heterocycles. The maximum atomic E-state index is 12.5. The SMILES string of the molecule is CCN(CC)C(=O)C1CC(NC(=O)c2ccc(=O)n(C)c2)CN1C. The molecule has 1 saturated heterocycles. The summed E-state index contributed by atoms with van der Waals surface area (Å²) >= 11 is 0. The third-order valence-corrected chi connectivity index (χ3v) is 4.59. The van der Waals surface area contributed by atoms with Crippen LogP contribution in [-0.2, 0) is 11.8 Å². The highest BCUT2D eigenvalue weighted by atomic mass is 16.2. The molecule has 0 spiro atoms. The highest BCUT2D eigenvalue weighted by molar-refractivity contribution is 5.94. The van der Waals surface area contributed by atoms with Crippen molar-refractivity contribution in [2.75, 3.05) is 26.7 Å². The van der Waals surface area contributed by atoms with Gasteiger partial charge in [-0.3, -0.25) is 19.3 Å². The van der Waals surface area contributed by atoms with E-state index in [9.17, 15) is 14.4 Å². The molecule has 1 aliphatic rings. The van der Waals surface area contributed by atoms with Gasteiger partial charge in [-0.1, -0.05) is 0 Å². The normalized spacial score (nSPS) is 20.8. The Morgan fingerprint density at radius 2 is 1.92 bits per heavy atom. The molecular weight excluding hydrogens is 308 g/mol. The van der Waals surface area contributed by atoms with Crippen molar-refractivity contribution >= 4 is 11.8 Å². The predicted molar refractivity (Wildman–Crippen MR) is 91.9 cm³/mol. The van der Waals surface area contributed by atoms with Gasteiger partial charge in [-0.05, 0) is 33.4 Å². The van der Waals surface area contributed by atoms with Gasteiger partial charge in [-0.2, -0.15) is 0 Å². The van der Waals surface area contributed by atoms with Crippen molar-refractivity contribution in [2.24, 2.45) is 7.05 Å². The lowest BCUT2D eigenvalue weighted by molar-refractivity contribution is -0.135. The van der Waals surface area contributed by atoms with E-state index in [0.717, 1.165) is 0 Å². The van der Waals surface area contributed by atoms with Crippen LogP contribution in [0.15, 0.2) is 23.1 Å². The van der Waals surface area contributed by atoms with E-state index in [1.165, 1.54) is 22.9 Å². The number of carbonyl (C=O) groups excluding carboxylic acids is 2. The predicted octanol–water partition coefficient (Wildman–Crippen LogP) is 0.0562. The number of nitrogens with one attached hydrogen (secondary N) is 1. The van der Waals surface area contributed by atoms with Crippen LogP contribution in [0.2, 0.25) is 0 Å². The van der Waals surface area contributed by atoms with E-state index in [0.29, 0.717) is 31.6 Å². The Balaban J connectivity index is 2.01. The van der Waals surface area contributed by atoms with Crippen molar-refractivity contribution in [3.63, 3.8) is 0 Å². The summed E-state index contributed by atoms with van der Waals surface area (Å²) < 4.78 is 1.38. The quantitative estimate of drug-likeness (QED) is 0.826. The van der Waals surface area contributed by atoms with Crippen LogP contribution < -0.4 is 10.9 Å². The minimum Gasteiger partial charge on any atom is -0.348 e. The van der Waals surface area contributed by atoms with Crippen molar-refractivity contribution in [3.05, 3.63) is 34.2 Å². The molecule has 2 heterocycles. The van der Waals surface area contributed by atoms with Crippen LogP contribution >= 0.6 is 0 Å². The molecule has 1 fully saturated rings. The Kier molecular flexibility index (Phi) is 5.77. The fraction of sp³-hybridized carbons (Fsp3) is 0.588. The Labute approximate surface area is 142 Å². The number of likely N-dealkylation sites (tertiary alicyclic amines) is 1. The molecule has 2 atom stereocenters. The number of rotatable bonds is 5. The van der Waals surface area contributed by atoms with Crippen LogP contribution in [0.25, 0.3) is 0 Å². The molecule has 7 heteroatoms. The van der Waals surface area contributed by atoms with Gasteiger partial charge >= 0.3 is 0 Å². The third kappa shape index (κ3) is 3.84. The average molecular weight is 334 g/mol. The Bertz CT molecular complexity index is 666. The molecule has 1 aliphatic heterocycles. The number of aromatic nitrogens is 1. The fourth-order valence-corrected chi connectivity index (χ4v) is 3.14. The highest BCUT2D eigenvalue weighted by Gasteiger charge is 2.36. The van der Waals surface area contributed by atoms with Gasteiger partial charge in [0.05, 0.1) is 11.6 Å². The number of aryl methyl sites for hydroxylation is 1. The number of amides is 2. The Hall–Kier alpha value is -2.15. The van der Waals surface area contributed by atoms with Crippen LogP contribution in [0.5, 0.6) is 0 Å². The second-order valence-electron chi connectivity index (χ2n) is 6.24. The summed E-state index contributed by atoms with van der Waals surface area (Å²) in [5.41, 5.74) is 0.287. The smallest absolute Gasteiger partial charge is 0.253 e. The van der Waals surface area contributed by atoms with Gasteiger partial charge in [0.15, 0.2) is 0 Å². The van der Waals surface area contributed by atoms with E-state index in [4.69, 9.17) is 0 Å². The fourth-order valence-electron chi connectivity index (χ4n) is 3.14.